The van der Waals surface area contributed by atoms with Crippen molar-refractivity contribution in [1.29, 1.82) is 0 Å². The number of hydrogen-bond donors (Lipinski definition) is 2. The minimum Gasteiger partial charge on any atom is -0.368 e. The van der Waals surface area contributed by atoms with Crippen LogP contribution in [0.2, 0.25) is 5.02 Å². The van der Waals surface area contributed by atoms with Crippen molar-refractivity contribution in [3.8, 4) is 11.3 Å². The van der Waals surface area contributed by atoms with Crippen LogP contribution in [-0.4, -0.2) is 15.0 Å². The predicted octanol–water partition coefficient (Wildman–Crippen LogP) is 3.35. The van der Waals surface area contributed by atoms with E-state index in [1.54, 1.807) is 0 Å². The molecule has 0 atom stereocenters. The summed E-state index contributed by atoms with van der Waals surface area (Å²) >= 11 is 6.15. The fourth-order valence-corrected chi connectivity index (χ4v) is 3.13. The van der Waals surface area contributed by atoms with Gasteiger partial charge >= 0.3 is 0 Å². The summed E-state index contributed by atoms with van der Waals surface area (Å²) in [5.41, 5.74) is 11.3. The number of nitrogens with one attached hydrogen (secondary N) is 1. The summed E-state index contributed by atoms with van der Waals surface area (Å²) in [5, 5.41) is 1.83. The van der Waals surface area contributed by atoms with Crippen molar-refractivity contribution < 1.29 is 0 Å². The van der Waals surface area contributed by atoms with E-state index in [0.717, 1.165) is 52.0 Å². The minimum absolute atomic E-state index is 0.313. The summed E-state index contributed by atoms with van der Waals surface area (Å²) in [6.45, 7) is 0. The van der Waals surface area contributed by atoms with Gasteiger partial charge in [0, 0.05) is 33.4 Å². The van der Waals surface area contributed by atoms with Crippen LogP contribution in [0, 0.1) is 0 Å². The highest BCUT2D eigenvalue weighted by atomic mass is 35.5. The molecule has 1 aliphatic carbocycles. The SMILES string of the molecule is Nc1ncc2c(n1)-c1c([nH]c3ccc(Cl)cc13)CCC2. The largest absolute Gasteiger partial charge is 0.368 e. The molecule has 2 aromatic heterocycles. The second-order valence-corrected chi connectivity index (χ2v) is 5.56. The van der Waals surface area contributed by atoms with Crippen molar-refractivity contribution in [3.63, 3.8) is 0 Å². The second-order valence-electron chi connectivity index (χ2n) is 5.12. The van der Waals surface area contributed by atoms with Crippen LogP contribution in [0.3, 0.4) is 0 Å². The molecule has 20 heavy (non-hydrogen) atoms. The van der Waals surface area contributed by atoms with Crippen LogP contribution in [-0.2, 0) is 12.8 Å². The lowest BCUT2D eigenvalue weighted by atomic mass is 10.0. The van der Waals surface area contributed by atoms with E-state index in [0.29, 0.717) is 5.95 Å². The first-order valence-electron chi connectivity index (χ1n) is 6.64. The number of fused-ring (bicyclic) bond motifs is 5. The van der Waals surface area contributed by atoms with Crippen LogP contribution in [0.5, 0.6) is 0 Å². The van der Waals surface area contributed by atoms with Gasteiger partial charge in [0.15, 0.2) is 0 Å². The van der Waals surface area contributed by atoms with Crippen molar-refractivity contribution in [2.24, 2.45) is 0 Å². The third-order valence-electron chi connectivity index (χ3n) is 3.83. The zero-order valence-electron chi connectivity index (χ0n) is 10.8. The molecule has 100 valence electrons. The van der Waals surface area contributed by atoms with Gasteiger partial charge in [-0.1, -0.05) is 11.6 Å². The molecule has 1 aromatic carbocycles. The van der Waals surface area contributed by atoms with E-state index in [9.17, 15) is 0 Å². The Morgan fingerprint density at radius 2 is 2.15 bits per heavy atom. The molecule has 0 bridgehead atoms. The number of benzene rings is 1. The first-order chi connectivity index (χ1) is 9.72. The summed E-state index contributed by atoms with van der Waals surface area (Å²) in [5.74, 6) is 0.313. The second kappa shape index (κ2) is 4.21. The van der Waals surface area contributed by atoms with Gasteiger partial charge in [-0.25, -0.2) is 9.97 Å². The number of nitrogen functional groups attached to an aromatic ring is 1. The standard InChI is InChI=1S/C15H13ClN4/c16-9-4-5-11-10(6-9)13-12(19-11)3-1-2-8-7-18-15(17)20-14(8)13/h4-7,19H,1-3H2,(H2,17,18,20). The van der Waals surface area contributed by atoms with Gasteiger partial charge in [0.25, 0.3) is 0 Å². The van der Waals surface area contributed by atoms with Gasteiger partial charge in [-0.2, -0.15) is 0 Å². The smallest absolute Gasteiger partial charge is 0.220 e. The fourth-order valence-electron chi connectivity index (χ4n) is 2.95. The van der Waals surface area contributed by atoms with Gasteiger partial charge in [-0.3, -0.25) is 0 Å². The number of halogens is 1. The lowest BCUT2D eigenvalue weighted by molar-refractivity contribution is 0.815. The third-order valence-corrected chi connectivity index (χ3v) is 4.07. The molecule has 0 fully saturated rings. The number of hydrogen-bond acceptors (Lipinski definition) is 3. The van der Waals surface area contributed by atoms with Gasteiger partial charge in [0.05, 0.1) is 5.69 Å². The zero-order chi connectivity index (χ0) is 13.7. The van der Waals surface area contributed by atoms with Crippen LogP contribution in [0.4, 0.5) is 5.95 Å². The molecular formula is C15H13ClN4. The lowest BCUT2D eigenvalue weighted by Gasteiger charge is -2.06. The maximum atomic E-state index is 6.15. The maximum Gasteiger partial charge on any atom is 0.220 e. The summed E-state index contributed by atoms with van der Waals surface area (Å²) < 4.78 is 0. The monoisotopic (exact) mass is 284 g/mol. The van der Waals surface area contributed by atoms with E-state index in [1.807, 2.05) is 24.4 Å². The van der Waals surface area contributed by atoms with Gasteiger partial charge in [0.2, 0.25) is 5.95 Å². The first kappa shape index (κ1) is 11.7. The molecule has 0 spiro atoms. The Morgan fingerprint density at radius 1 is 1.25 bits per heavy atom. The Hall–Kier alpha value is -2.07. The Morgan fingerprint density at radius 3 is 3.05 bits per heavy atom. The lowest BCUT2D eigenvalue weighted by Crippen LogP contribution is -1.99. The number of aromatic amines is 1. The zero-order valence-corrected chi connectivity index (χ0v) is 11.5. The average Bonchev–Trinajstić information content (AvgIpc) is 2.68. The number of nitrogens with two attached hydrogens (primary N) is 1. The van der Waals surface area contributed by atoms with Crippen LogP contribution in [0.1, 0.15) is 17.7 Å². The van der Waals surface area contributed by atoms with E-state index < -0.39 is 0 Å². The van der Waals surface area contributed by atoms with Crippen molar-refractivity contribution in [2.45, 2.75) is 19.3 Å². The predicted molar refractivity (Wildman–Crippen MR) is 80.8 cm³/mol. The molecule has 1 aliphatic rings. The summed E-state index contributed by atoms with van der Waals surface area (Å²) in [4.78, 5) is 12.1. The molecule has 0 radical (unpaired) electrons. The van der Waals surface area contributed by atoms with Gasteiger partial charge < -0.3 is 10.7 Å². The molecule has 2 heterocycles. The Bertz CT molecular complexity index is 822. The minimum atomic E-state index is 0.313. The van der Waals surface area contributed by atoms with E-state index in [2.05, 4.69) is 15.0 Å². The summed E-state index contributed by atoms with van der Waals surface area (Å²) in [6, 6.07) is 5.89. The Balaban J connectivity index is 2.11. The summed E-state index contributed by atoms with van der Waals surface area (Å²) in [7, 11) is 0. The molecule has 0 saturated heterocycles. The fraction of sp³-hybridized carbons (Fsp3) is 0.200. The molecule has 0 amide bonds. The van der Waals surface area contributed by atoms with Crippen LogP contribution >= 0.6 is 11.6 Å². The Labute approximate surface area is 121 Å². The molecule has 3 aromatic rings. The number of nitrogens with zero attached hydrogens (tertiary/aromatic N) is 2. The van der Waals surface area contributed by atoms with Crippen molar-refractivity contribution in [1.82, 2.24) is 15.0 Å². The third kappa shape index (κ3) is 1.68. The molecule has 3 N–H and O–H groups in total. The number of aromatic nitrogens is 3. The van der Waals surface area contributed by atoms with Crippen molar-refractivity contribution >= 4 is 28.5 Å². The van der Waals surface area contributed by atoms with Crippen molar-refractivity contribution in [2.75, 3.05) is 5.73 Å². The molecule has 5 heteroatoms. The molecule has 4 rings (SSSR count). The van der Waals surface area contributed by atoms with Crippen LogP contribution < -0.4 is 5.73 Å². The molecular weight excluding hydrogens is 272 g/mol. The average molecular weight is 285 g/mol. The van der Waals surface area contributed by atoms with Crippen molar-refractivity contribution in [3.05, 3.63) is 40.7 Å². The topological polar surface area (TPSA) is 67.6 Å². The highest BCUT2D eigenvalue weighted by Gasteiger charge is 2.21. The number of H-pyrrole nitrogens is 1. The molecule has 0 unspecified atom stereocenters. The number of aryl methyl sites for hydroxylation is 2. The number of anilines is 1. The highest BCUT2D eigenvalue weighted by molar-refractivity contribution is 6.31. The number of rotatable bonds is 0. The summed E-state index contributed by atoms with van der Waals surface area (Å²) in [6.07, 6.45) is 4.89. The molecule has 0 aliphatic heterocycles. The van der Waals surface area contributed by atoms with E-state index in [4.69, 9.17) is 17.3 Å². The van der Waals surface area contributed by atoms with Gasteiger partial charge in [-0.05, 0) is 43.0 Å². The highest BCUT2D eigenvalue weighted by Crippen LogP contribution is 2.37. The molecule has 4 nitrogen and oxygen atoms in total. The van der Waals surface area contributed by atoms with Gasteiger partial charge in [-0.15, -0.1) is 0 Å². The molecule has 0 saturated carbocycles. The first-order valence-corrected chi connectivity index (χ1v) is 7.02. The quantitative estimate of drug-likeness (QED) is 0.665. The van der Waals surface area contributed by atoms with E-state index >= 15 is 0 Å². The maximum absolute atomic E-state index is 6.15. The van der Waals surface area contributed by atoms with E-state index in [-0.39, 0.29) is 0 Å². The van der Waals surface area contributed by atoms with Crippen LogP contribution in [0.15, 0.2) is 24.4 Å². The van der Waals surface area contributed by atoms with Gasteiger partial charge in [0.1, 0.15) is 0 Å². The van der Waals surface area contributed by atoms with Crippen LogP contribution in [0.25, 0.3) is 22.2 Å². The normalized spacial score (nSPS) is 13.8. The van der Waals surface area contributed by atoms with E-state index in [1.165, 1.54) is 5.69 Å². The Kier molecular flexibility index (Phi) is 2.47.